The Kier molecular flexibility index (Phi) is 2.83. The molecule has 0 aromatic heterocycles. The van der Waals surface area contributed by atoms with E-state index in [1.807, 2.05) is 24.3 Å². The maximum atomic E-state index is 11.8. The fourth-order valence-electron chi connectivity index (χ4n) is 1.68. The summed E-state index contributed by atoms with van der Waals surface area (Å²) in [6, 6.07) is 7.43. The van der Waals surface area contributed by atoms with Crippen molar-refractivity contribution in [3.8, 4) is 11.2 Å². The highest BCUT2D eigenvalue weighted by atomic mass is 32.1. The number of carbonyl (C=O) groups is 1. The lowest BCUT2D eigenvalue weighted by molar-refractivity contribution is 0.0962. The van der Waals surface area contributed by atoms with Gasteiger partial charge in [-0.05, 0) is 29.7 Å². The lowest BCUT2D eigenvalue weighted by Crippen LogP contribution is -2.02. The molecule has 2 heteroatoms. The average molecular weight is 216 g/mol. The predicted octanol–water partition coefficient (Wildman–Crippen LogP) is 2.76. The minimum Gasteiger partial charge on any atom is -0.294 e. The first-order valence-corrected chi connectivity index (χ1v) is 5.46. The summed E-state index contributed by atoms with van der Waals surface area (Å²) >= 11 is 3.82. The Labute approximate surface area is 95.3 Å². The number of benzene rings is 1. The van der Waals surface area contributed by atoms with Crippen LogP contribution in [0.1, 0.15) is 29.3 Å². The first-order valence-electron chi connectivity index (χ1n) is 5.01. The third-order valence-corrected chi connectivity index (χ3v) is 2.93. The van der Waals surface area contributed by atoms with Gasteiger partial charge in [-0.1, -0.05) is 37.6 Å². The van der Waals surface area contributed by atoms with Crippen LogP contribution in [0.15, 0.2) is 24.3 Å². The lowest BCUT2D eigenvalue weighted by atomic mass is 10.0. The zero-order valence-corrected chi connectivity index (χ0v) is 9.42. The van der Waals surface area contributed by atoms with E-state index >= 15 is 0 Å². The predicted molar refractivity (Wildman–Crippen MR) is 63.9 cm³/mol. The molecule has 1 aliphatic carbocycles. The molecule has 1 aromatic carbocycles. The largest absolute Gasteiger partial charge is 0.294 e. The summed E-state index contributed by atoms with van der Waals surface area (Å²) in [4.78, 5) is 11.8. The molecule has 0 spiro atoms. The van der Waals surface area contributed by atoms with Crippen molar-refractivity contribution in [1.29, 1.82) is 0 Å². The molecular formula is C13H12OS. The average Bonchev–Trinajstić information content (AvgIpc) is 2.96. The number of carbonyl (C=O) groups excluding carboxylic acids is 1. The second-order valence-electron chi connectivity index (χ2n) is 4.00. The topological polar surface area (TPSA) is 17.1 Å². The van der Waals surface area contributed by atoms with Crippen LogP contribution in [0.5, 0.6) is 0 Å². The van der Waals surface area contributed by atoms with E-state index in [0.717, 1.165) is 17.5 Å². The number of thiol groups is 1. The quantitative estimate of drug-likeness (QED) is 0.457. The van der Waals surface area contributed by atoms with Gasteiger partial charge in [0.25, 0.3) is 0 Å². The highest BCUT2D eigenvalue weighted by Gasteiger charge is 2.39. The Morgan fingerprint density at radius 2 is 2.00 bits per heavy atom. The summed E-state index contributed by atoms with van der Waals surface area (Å²) in [5.41, 5.74) is 1.69. The molecule has 1 nitrogen and oxygen atoms in total. The van der Waals surface area contributed by atoms with E-state index in [0.29, 0.717) is 5.92 Å². The van der Waals surface area contributed by atoms with Crippen LogP contribution in [-0.4, -0.2) is 5.78 Å². The molecule has 1 aromatic rings. The Bertz CT molecular complexity index is 436. The second-order valence-corrected chi connectivity index (χ2v) is 4.22. The number of hydrogen-bond donors (Lipinski definition) is 1. The smallest absolute Gasteiger partial charge is 0.166 e. The van der Waals surface area contributed by atoms with Crippen LogP contribution < -0.4 is 0 Å². The molecule has 1 saturated carbocycles. The van der Waals surface area contributed by atoms with Crippen molar-refractivity contribution >= 4 is 18.4 Å². The van der Waals surface area contributed by atoms with Gasteiger partial charge in [-0.15, -0.1) is 0 Å². The fourth-order valence-corrected chi connectivity index (χ4v) is 1.81. The maximum Gasteiger partial charge on any atom is 0.166 e. The molecule has 0 amide bonds. The molecule has 0 bridgehead atoms. The number of rotatable bonds is 2. The summed E-state index contributed by atoms with van der Waals surface area (Å²) in [6.07, 6.45) is 1.04. The molecule has 0 aliphatic heterocycles. The molecule has 1 aliphatic rings. The van der Waals surface area contributed by atoms with Gasteiger partial charge in [0.2, 0.25) is 0 Å². The van der Waals surface area contributed by atoms with Crippen molar-refractivity contribution in [3.63, 3.8) is 0 Å². The SMILES string of the molecule is CC1CC1C(=O)c1ccc(C#CS)cc1. The summed E-state index contributed by atoms with van der Waals surface area (Å²) in [5.74, 6) is 3.92. The van der Waals surface area contributed by atoms with Crippen molar-refractivity contribution in [1.82, 2.24) is 0 Å². The van der Waals surface area contributed by atoms with E-state index in [2.05, 4.69) is 30.7 Å². The third kappa shape index (κ3) is 2.24. The molecule has 0 N–H and O–H groups in total. The minimum atomic E-state index is 0.256. The Balaban J connectivity index is 2.15. The maximum absolute atomic E-state index is 11.8. The van der Waals surface area contributed by atoms with Crippen molar-refractivity contribution in [2.75, 3.05) is 0 Å². The van der Waals surface area contributed by atoms with Crippen molar-refractivity contribution in [3.05, 3.63) is 35.4 Å². The minimum absolute atomic E-state index is 0.256. The molecule has 2 atom stereocenters. The number of hydrogen-bond acceptors (Lipinski definition) is 2. The normalized spacial score (nSPS) is 22.8. The van der Waals surface area contributed by atoms with E-state index in [-0.39, 0.29) is 11.7 Å². The molecule has 0 radical (unpaired) electrons. The molecule has 0 heterocycles. The fraction of sp³-hybridized carbons (Fsp3) is 0.308. The van der Waals surface area contributed by atoms with Crippen molar-refractivity contribution in [2.45, 2.75) is 13.3 Å². The standard InChI is InChI=1S/C13H12OS/c1-9-8-12(9)13(14)11-4-2-10(3-5-11)6-7-15/h2-5,9,12,15H,8H2,1H3. The molecule has 0 saturated heterocycles. The summed E-state index contributed by atoms with van der Waals surface area (Å²) in [5, 5.41) is 2.53. The second kappa shape index (κ2) is 4.12. The Morgan fingerprint density at radius 3 is 2.47 bits per heavy atom. The van der Waals surface area contributed by atoms with Gasteiger partial charge in [0.15, 0.2) is 5.78 Å². The number of ketones is 1. The van der Waals surface area contributed by atoms with Gasteiger partial charge in [-0.3, -0.25) is 4.79 Å². The van der Waals surface area contributed by atoms with Crippen molar-refractivity contribution < 1.29 is 4.79 Å². The monoisotopic (exact) mass is 216 g/mol. The van der Waals surface area contributed by atoms with Gasteiger partial charge in [0.05, 0.1) is 0 Å². The first-order chi connectivity index (χ1) is 7.22. The zero-order valence-electron chi connectivity index (χ0n) is 8.53. The summed E-state index contributed by atoms with van der Waals surface area (Å²) < 4.78 is 0. The zero-order chi connectivity index (χ0) is 10.8. The van der Waals surface area contributed by atoms with E-state index in [1.165, 1.54) is 0 Å². The Morgan fingerprint density at radius 1 is 1.40 bits per heavy atom. The number of Topliss-reactive ketones (excluding diaryl/α,β-unsaturated/α-hetero) is 1. The van der Waals surface area contributed by atoms with Gasteiger partial charge >= 0.3 is 0 Å². The highest BCUT2D eigenvalue weighted by molar-refractivity contribution is 7.85. The van der Waals surface area contributed by atoms with Gasteiger partial charge in [0, 0.05) is 17.0 Å². The van der Waals surface area contributed by atoms with Crippen molar-refractivity contribution in [2.24, 2.45) is 11.8 Å². The van der Waals surface area contributed by atoms with E-state index in [1.54, 1.807) is 0 Å². The van der Waals surface area contributed by atoms with Crippen LogP contribution in [0.2, 0.25) is 0 Å². The summed E-state index contributed by atoms with van der Waals surface area (Å²) in [6.45, 7) is 2.11. The van der Waals surface area contributed by atoms with Crippen LogP contribution in [0.25, 0.3) is 0 Å². The van der Waals surface area contributed by atoms with Crippen LogP contribution in [0.4, 0.5) is 0 Å². The lowest BCUT2D eigenvalue weighted by Gasteiger charge is -1.98. The van der Waals surface area contributed by atoms with E-state index < -0.39 is 0 Å². The van der Waals surface area contributed by atoms with Gasteiger partial charge in [-0.2, -0.15) is 0 Å². The molecule has 76 valence electrons. The van der Waals surface area contributed by atoms with Crippen LogP contribution in [-0.2, 0) is 0 Å². The van der Waals surface area contributed by atoms with Crippen LogP contribution >= 0.6 is 12.6 Å². The molecule has 15 heavy (non-hydrogen) atoms. The van der Waals surface area contributed by atoms with E-state index in [9.17, 15) is 4.79 Å². The van der Waals surface area contributed by atoms with E-state index in [4.69, 9.17) is 0 Å². The van der Waals surface area contributed by atoms with Gasteiger partial charge in [0.1, 0.15) is 0 Å². The van der Waals surface area contributed by atoms with Crippen LogP contribution in [0.3, 0.4) is 0 Å². The summed E-state index contributed by atoms with van der Waals surface area (Å²) in [7, 11) is 0. The first kappa shape index (κ1) is 10.3. The third-order valence-electron chi connectivity index (χ3n) is 2.82. The molecule has 2 unspecified atom stereocenters. The van der Waals surface area contributed by atoms with Gasteiger partial charge in [-0.25, -0.2) is 0 Å². The molecule has 1 fully saturated rings. The Hall–Kier alpha value is -1.20. The molecular weight excluding hydrogens is 204 g/mol. The highest BCUT2D eigenvalue weighted by Crippen LogP contribution is 2.40. The molecule has 2 rings (SSSR count). The van der Waals surface area contributed by atoms with Gasteiger partial charge < -0.3 is 0 Å². The van der Waals surface area contributed by atoms with Crippen LogP contribution in [0, 0.1) is 23.0 Å².